The molecule has 0 spiro atoms. The van der Waals surface area contributed by atoms with E-state index < -0.39 is 0 Å². The fraction of sp³-hybridized carbons (Fsp3) is 0.917. The molecule has 0 radical (unpaired) electrons. The number of likely N-dealkylation sites (tertiary alicyclic amines) is 8. The molecule has 0 unspecified atom stereocenters. The SMILES string of the molecule is CC1=CCN(C)[C@@H](C)C1.CC1=CCN(C)[C@H](C)C1.CC1=C[C@@H](C)N(C)CC1.CC1=C[C@H](C)N(C)CC1.C[C@@H]1CCN(C)C[C@@H]1C.C[C@@H]1CCN(C)C[C@H]1C.C[C@@H]1CCN(C)[C@@H](C)C1.C[C@@H]1CCN(C)[C@H](C)C1.C[C@@H]1CN(C)CC[C@@H]1C.C[C@H]1CCN(C)C[C@@H]1C.C[C@H]1CCN(C)[C@@H](C)C1.C[C@H]1CCN(C)[C@H](C)C1. The minimum absolute atomic E-state index is 0.652. The molecule has 0 aromatic heterocycles. The van der Waals surface area contributed by atoms with Crippen molar-refractivity contribution in [3.05, 3.63) is 46.6 Å². The lowest BCUT2D eigenvalue weighted by Crippen LogP contribution is -2.36. The minimum atomic E-state index is 0.652. The van der Waals surface area contributed by atoms with E-state index in [1.807, 2.05) is 0 Å². The predicted molar refractivity (Wildman–Crippen MR) is 486 cm³/mol. The zero-order valence-electron chi connectivity index (χ0n) is 79.9. The molecule has 12 aliphatic rings. The molecule has 0 aromatic carbocycles. The van der Waals surface area contributed by atoms with Crippen LogP contribution in [0.3, 0.4) is 0 Å². The smallest absolute Gasteiger partial charge is 0.0249 e. The maximum atomic E-state index is 2.44. The van der Waals surface area contributed by atoms with E-state index in [0.717, 1.165) is 120 Å². The van der Waals surface area contributed by atoms with Crippen molar-refractivity contribution in [2.24, 2.45) is 71.0 Å². The van der Waals surface area contributed by atoms with Crippen LogP contribution in [-0.2, 0) is 0 Å². The van der Waals surface area contributed by atoms with Gasteiger partial charge in [0, 0.05) is 101 Å². The third kappa shape index (κ3) is 46.9. The fourth-order valence-electron chi connectivity index (χ4n) is 16.7. The summed E-state index contributed by atoms with van der Waals surface area (Å²) in [6.07, 6.45) is 30.9. The summed E-state index contributed by atoms with van der Waals surface area (Å²) >= 11 is 0. The summed E-state index contributed by atoms with van der Waals surface area (Å²) in [5, 5.41) is 0. The van der Waals surface area contributed by atoms with Gasteiger partial charge in [-0.2, -0.15) is 0 Å². The first-order valence-electron chi connectivity index (χ1n) is 45.4. The van der Waals surface area contributed by atoms with Crippen LogP contribution in [-0.4, -0.2) is 296 Å². The first kappa shape index (κ1) is 104. The van der Waals surface area contributed by atoms with Crippen molar-refractivity contribution in [2.75, 3.05) is 189 Å². The quantitative estimate of drug-likeness (QED) is 0.217. The second-order valence-corrected chi connectivity index (χ2v) is 39.9. The number of piperidine rings is 8. The largest absolute Gasteiger partial charge is 0.306 e. The number of nitrogens with zero attached hydrogens (tertiary/aromatic N) is 12. The standard InChI is InChI=1S/8C8H17N.4C8H15N/c4*1-7-4-5-9(3)6-8(7)2;8*1-7-4-5-9(3)8(2)6-7/h8*7-8H,4-6H2,1-3H3;2*6,8H,4-5H2,1-3H3;2*4,8H,5-6H2,1-3H3/t2*7-,8+;2*7-,8-;2*7-,8+;2*7-,8-;4*8-/m101010101010/s1. The molecule has 12 heteroatoms. The van der Waals surface area contributed by atoms with Gasteiger partial charge in [0.25, 0.3) is 0 Å². The second-order valence-electron chi connectivity index (χ2n) is 39.9. The zero-order chi connectivity index (χ0) is 82.2. The lowest BCUT2D eigenvalue weighted by atomic mass is 9.89. The van der Waals surface area contributed by atoms with Crippen LogP contribution < -0.4 is 0 Å². The Labute approximate surface area is 679 Å². The Balaban J connectivity index is 0.000000589. The average Bonchev–Trinajstić information content (AvgIpc) is 1.34. The molecular formula is C96H196N12. The van der Waals surface area contributed by atoms with Crippen LogP contribution in [0.1, 0.15) is 269 Å². The summed E-state index contributed by atoms with van der Waals surface area (Å²) in [5.41, 5.74) is 6.17. The first-order chi connectivity index (χ1) is 50.4. The molecule has 0 N–H and O–H groups in total. The molecule has 12 heterocycles. The van der Waals surface area contributed by atoms with Crippen LogP contribution >= 0.6 is 0 Å². The van der Waals surface area contributed by atoms with Gasteiger partial charge >= 0.3 is 0 Å². The van der Waals surface area contributed by atoms with Crippen LogP contribution in [0.4, 0.5) is 0 Å². The molecule has 8 fully saturated rings. The Hall–Kier alpha value is -1.52. The van der Waals surface area contributed by atoms with Crippen molar-refractivity contribution < 1.29 is 0 Å². The predicted octanol–water partition coefficient (Wildman–Crippen LogP) is 19.9. The highest BCUT2D eigenvalue weighted by Crippen LogP contribution is 2.27. The lowest BCUT2D eigenvalue weighted by Gasteiger charge is -2.33. The van der Waals surface area contributed by atoms with E-state index in [2.05, 4.69) is 334 Å². The molecule has 12 nitrogen and oxygen atoms in total. The highest BCUT2D eigenvalue weighted by molar-refractivity contribution is 5.09. The molecule has 0 aromatic rings. The van der Waals surface area contributed by atoms with Crippen LogP contribution in [0.25, 0.3) is 0 Å². The Bertz CT molecular complexity index is 2020. The van der Waals surface area contributed by atoms with Crippen molar-refractivity contribution in [3.8, 4) is 0 Å². The third-order valence-corrected chi connectivity index (χ3v) is 28.4. The van der Waals surface area contributed by atoms with Gasteiger partial charge in [-0.25, -0.2) is 0 Å². The number of likely N-dealkylation sites (N-methyl/N-ethyl adjacent to an activating group) is 4. The van der Waals surface area contributed by atoms with Gasteiger partial charge in [-0.3, -0.25) is 19.6 Å². The maximum absolute atomic E-state index is 2.44. The molecule has 640 valence electrons. The molecule has 0 aliphatic carbocycles. The summed E-state index contributed by atoms with van der Waals surface area (Å²) in [5.74, 6) is 11.2. The Morgan fingerprint density at radius 2 is 0.454 bits per heavy atom. The van der Waals surface area contributed by atoms with Gasteiger partial charge in [0.2, 0.25) is 0 Å². The number of hydrogen-bond donors (Lipinski definition) is 0. The molecule has 12 aliphatic heterocycles. The van der Waals surface area contributed by atoms with Crippen molar-refractivity contribution in [1.29, 1.82) is 0 Å². The van der Waals surface area contributed by atoms with Crippen molar-refractivity contribution in [2.45, 2.75) is 317 Å². The third-order valence-electron chi connectivity index (χ3n) is 28.4. The van der Waals surface area contributed by atoms with E-state index in [1.165, 1.54) is 194 Å². The fourth-order valence-corrected chi connectivity index (χ4v) is 16.7. The normalized spacial score (nSPS) is 36.0. The summed E-state index contributed by atoms with van der Waals surface area (Å²) in [7, 11) is 26.4. The van der Waals surface area contributed by atoms with Gasteiger partial charge < -0.3 is 39.2 Å². The van der Waals surface area contributed by atoms with Crippen LogP contribution in [0.5, 0.6) is 0 Å². The number of rotatable bonds is 0. The summed E-state index contributed by atoms with van der Waals surface area (Å²) in [4.78, 5) is 28.9. The highest BCUT2D eigenvalue weighted by atomic mass is 15.2. The second kappa shape index (κ2) is 56.7. The van der Waals surface area contributed by atoms with Crippen LogP contribution in [0, 0.1) is 71.0 Å². The van der Waals surface area contributed by atoms with Gasteiger partial charge in [0.15, 0.2) is 0 Å². The molecule has 8 saturated heterocycles. The van der Waals surface area contributed by atoms with E-state index in [4.69, 9.17) is 0 Å². The van der Waals surface area contributed by atoms with Gasteiger partial charge in [-0.15, -0.1) is 0 Å². The summed E-state index contributed by atoms with van der Waals surface area (Å²) in [6.45, 7) is 75.6. The van der Waals surface area contributed by atoms with E-state index in [1.54, 1.807) is 22.3 Å². The van der Waals surface area contributed by atoms with Crippen molar-refractivity contribution >= 4 is 0 Å². The van der Waals surface area contributed by atoms with E-state index in [9.17, 15) is 0 Å². The van der Waals surface area contributed by atoms with E-state index in [0.29, 0.717) is 12.1 Å². The first-order valence-corrected chi connectivity index (χ1v) is 45.4. The van der Waals surface area contributed by atoms with E-state index in [-0.39, 0.29) is 0 Å². The van der Waals surface area contributed by atoms with Crippen molar-refractivity contribution in [1.82, 2.24) is 58.8 Å². The Kier molecular flexibility index (Phi) is 54.9. The molecular weight excluding hydrogens is 1320 g/mol. The van der Waals surface area contributed by atoms with Gasteiger partial charge in [0.1, 0.15) is 0 Å². The Morgan fingerprint density at radius 3 is 0.602 bits per heavy atom. The molecule has 108 heavy (non-hydrogen) atoms. The monoisotopic (exact) mass is 1520 g/mol. The highest BCUT2D eigenvalue weighted by Gasteiger charge is 2.26. The van der Waals surface area contributed by atoms with Gasteiger partial charge in [-0.05, 0) is 394 Å². The molecule has 12 rings (SSSR count). The van der Waals surface area contributed by atoms with E-state index >= 15 is 0 Å². The maximum Gasteiger partial charge on any atom is 0.0249 e. The topological polar surface area (TPSA) is 38.9 Å². The molecule has 0 bridgehead atoms. The van der Waals surface area contributed by atoms with Crippen LogP contribution in [0.2, 0.25) is 0 Å². The van der Waals surface area contributed by atoms with Gasteiger partial charge in [-0.1, -0.05) is 130 Å². The summed E-state index contributed by atoms with van der Waals surface area (Å²) in [6, 6.07) is 6.05. The summed E-state index contributed by atoms with van der Waals surface area (Å²) < 4.78 is 0. The average molecular weight is 1520 g/mol. The number of hydrogen-bond acceptors (Lipinski definition) is 12. The molecule has 0 saturated carbocycles. The zero-order valence-corrected chi connectivity index (χ0v) is 79.9. The Morgan fingerprint density at radius 1 is 0.231 bits per heavy atom. The molecule has 0 amide bonds. The van der Waals surface area contributed by atoms with Crippen LogP contribution in [0.15, 0.2) is 46.6 Å². The lowest BCUT2D eigenvalue weighted by molar-refractivity contribution is 0.162. The van der Waals surface area contributed by atoms with Gasteiger partial charge in [0.05, 0.1) is 0 Å². The van der Waals surface area contributed by atoms with Crippen molar-refractivity contribution in [3.63, 3.8) is 0 Å². The molecule has 20 atom stereocenters. The minimum Gasteiger partial charge on any atom is -0.306 e.